The Bertz CT molecular complexity index is 898. The molecule has 2 unspecified atom stereocenters. The van der Waals surface area contributed by atoms with Gasteiger partial charge in [0.05, 0.1) is 50.2 Å². The first-order valence-corrected chi connectivity index (χ1v) is 9.63. The molecule has 0 saturated heterocycles. The molecular weight excluding hydrogens is 350 g/mol. The van der Waals surface area contributed by atoms with E-state index in [-0.39, 0.29) is 11.6 Å². The first-order valence-electron chi connectivity index (χ1n) is 9.63. The highest BCUT2D eigenvalue weighted by Crippen LogP contribution is 2.52. The van der Waals surface area contributed by atoms with Gasteiger partial charge in [0.15, 0.2) is 5.41 Å². The van der Waals surface area contributed by atoms with Gasteiger partial charge in [0.1, 0.15) is 11.7 Å². The lowest BCUT2D eigenvalue weighted by Gasteiger charge is -2.46. The smallest absolute Gasteiger partial charge is 0.189 e. The zero-order valence-electron chi connectivity index (χ0n) is 16.2. The number of nitrogens with one attached hydrogen (secondary N) is 2. The van der Waals surface area contributed by atoms with E-state index in [1.165, 1.54) is 4.90 Å². The van der Waals surface area contributed by atoms with Gasteiger partial charge < -0.3 is 15.0 Å². The van der Waals surface area contributed by atoms with Crippen LogP contribution >= 0.6 is 0 Å². The number of fused-ring (bicyclic) bond motifs is 1. The first kappa shape index (κ1) is 19.6. The van der Waals surface area contributed by atoms with Crippen molar-refractivity contribution in [2.45, 2.75) is 19.8 Å². The quantitative estimate of drug-likeness (QED) is 0.784. The standard InChI is InChI=1S/C22H23N5O/c1-3-27-10-9-17-18(11-23)21(26)22(13-24,14-25)20(19(17)12-27)15-5-7-16(8-6-15)28-4-2/h5-9,18-20,26H,3-4,10,12H2,1-2H3/p+1/t18?,19-,20-/m0/s1. The van der Waals surface area contributed by atoms with Crippen LogP contribution < -0.4 is 9.64 Å². The lowest BCUT2D eigenvalue weighted by molar-refractivity contribution is -0.897. The van der Waals surface area contributed by atoms with Gasteiger partial charge >= 0.3 is 0 Å². The monoisotopic (exact) mass is 374 g/mol. The second-order valence-electron chi connectivity index (χ2n) is 7.31. The second kappa shape index (κ2) is 7.85. The Kier molecular flexibility index (Phi) is 5.50. The van der Waals surface area contributed by atoms with Crippen LogP contribution in [0.3, 0.4) is 0 Å². The second-order valence-corrected chi connectivity index (χ2v) is 7.31. The van der Waals surface area contributed by atoms with Crippen molar-refractivity contribution in [1.29, 1.82) is 21.2 Å². The highest BCUT2D eigenvalue weighted by atomic mass is 16.5. The summed E-state index contributed by atoms with van der Waals surface area (Å²) >= 11 is 0. The lowest BCUT2D eigenvalue weighted by atomic mass is 9.54. The zero-order valence-corrected chi connectivity index (χ0v) is 16.2. The van der Waals surface area contributed by atoms with Crippen molar-refractivity contribution in [2.24, 2.45) is 17.3 Å². The molecular formula is C22H24N5O+. The van der Waals surface area contributed by atoms with Gasteiger partial charge in [-0.05, 0) is 43.2 Å². The Labute approximate surface area is 165 Å². The van der Waals surface area contributed by atoms with Gasteiger partial charge in [0.25, 0.3) is 0 Å². The molecule has 1 aromatic rings. The molecule has 1 aliphatic carbocycles. The normalized spacial score (nSPS) is 28.1. The Morgan fingerprint density at radius 2 is 1.86 bits per heavy atom. The fourth-order valence-electron chi connectivity index (χ4n) is 4.56. The third kappa shape index (κ3) is 2.95. The van der Waals surface area contributed by atoms with Crippen molar-refractivity contribution >= 4 is 5.71 Å². The summed E-state index contributed by atoms with van der Waals surface area (Å²) in [6.07, 6.45) is 2.05. The molecule has 4 atom stereocenters. The summed E-state index contributed by atoms with van der Waals surface area (Å²) in [7, 11) is 0. The van der Waals surface area contributed by atoms with E-state index in [1.54, 1.807) is 0 Å². The maximum atomic E-state index is 10.0. The zero-order chi connectivity index (χ0) is 20.3. The van der Waals surface area contributed by atoms with Crippen LogP contribution in [0.1, 0.15) is 25.3 Å². The number of nitriles is 3. The number of quaternary nitrogens is 1. The Morgan fingerprint density at radius 3 is 2.39 bits per heavy atom. The van der Waals surface area contributed by atoms with Crippen LogP contribution in [-0.4, -0.2) is 32.0 Å². The number of benzene rings is 1. The molecule has 2 aliphatic rings. The minimum absolute atomic E-state index is 0.0960. The minimum Gasteiger partial charge on any atom is -0.494 e. The summed E-state index contributed by atoms with van der Waals surface area (Å²) in [6, 6.07) is 13.9. The first-order chi connectivity index (χ1) is 13.6. The molecule has 1 aromatic carbocycles. The third-order valence-corrected chi connectivity index (χ3v) is 6.01. The molecule has 6 heteroatoms. The number of rotatable bonds is 4. The van der Waals surface area contributed by atoms with Crippen molar-refractivity contribution in [3.05, 3.63) is 41.5 Å². The predicted octanol–water partition coefficient (Wildman–Crippen LogP) is 1.84. The summed E-state index contributed by atoms with van der Waals surface area (Å²) in [5, 5.41) is 38.4. The minimum atomic E-state index is -1.65. The molecule has 0 bridgehead atoms. The van der Waals surface area contributed by atoms with Gasteiger partial charge in [-0.3, -0.25) is 0 Å². The predicted molar refractivity (Wildman–Crippen MR) is 104 cm³/mol. The van der Waals surface area contributed by atoms with Crippen molar-refractivity contribution in [1.82, 2.24) is 0 Å². The number of nitrogens with zero attached hydrogens (tertiary/aromatic N) is 3. The summed E-state index contributed by atoms with van der Waals surface area (Å²) < 4.78 is 5.52. The number of hydrogen-bond donors (Lipinski definition) is 2. The van der Waals surface area contributed by atoms with Crippen molar-refractivity contribution in [3.63, 3.8) is 0 Å². The topological polar surface area (TPSA) is 109 Å². The van der Waals surface area contributed by atoms with E-state index in [1.807, 2.05) is 31.2 Å². The number of ether oxygens (including phenoxy) is 1. The van der Waals surface area contributed by atoms with Crippen molar-refractivity contribution in [3.8, 4) is 24.0 Å². The highest BCUT2D eigenvalue weighted by Gasteiger charge is 2.58. The lowest BCUT2D eigenvalue weighted by Crippen LogP contribution is -3.13. The summed E-state index contributed by atoms with van der Waals surface area (Å²) in [5.41, 5.74) is -0.0156. The summed E-state index contributed by atoms with van der Waals surface area (Å²) in [4.78, 5) is 1.35. The fraction of sp³-hybridized carbons (Fsp3) is 0.455. The molecule has 142 valence electrons. The van der Waals surface area contributed by atoms with E-state index in [0.29, 0.717) is 6.61 Å². The molecule has 0 spiro atoms. The fourth-order valence-corrected chi connectivity index (χ4v) is 4.56. The summed E-state index contributed by atoms with van der Waals surface area (Å²) in [6.45, 7) is 7.05. The number of likely N-dealkylation sites (N-methyl/N-ethyl adjacent to an activating group) is 1. The Hall–Kier alpha value is -3.14. The molecule has 28 heavy (non-hydrogen) atoms. The van der Waals surface area contributed by atoms with Crippen LogP contribution in [0, 0.1) is 56.7 Å². The van der Waals surface area contributed by atoms with E-state index in [9.17, 15) is 15.8 Å². The van der Waals surface area contributed by atoms with Gasteiger partial charge in [-0.25, -0.2) is 0 Å². The Balaban J connectivity index is 2.17. The maximum absolute atomic E-state index is 10.0. The van der Waals surface area contributed by atoms with Gasteiger partial charge in [0.2, 0.25) is 0 Å². The van der Waals surface area contributed by atoms with E-state index in [4.69, 9.17) is 10.1 Å². The van der Waals surface area contributed by atoms with Gasteiger partial charge in [0, 0.05) is 11.8 Å². The Morgan fingerprint density at radius 1 is 1.18 bits per heavy atom. The molecule has 1 fully saturated rings. The van der Waals surface area contributed by atoms with E-state index in [2.05, 4.69) is 31.2 Å². The van der Waals surface area contributed by atoms with E-state index < -0.39 is 17.3 Å². The van der Waals surface area contributed by atoms with Crippen LogP contribution in [0.15, 0.2) is 35.9 Å². The SMILES string of the molecule is CCOc1ccc([C@H]2[C@H]3C[NH+](CC)CC=C3C(C#N)C(=N)C2(C#N)C#N)cc1. The summed E-state index contributed by atoms with van der Waals surface area (Å²) in [5.74, 6) is -0.684. The van der Waals surface area contributed by atoms with Crippen LogP contribution in [0.2, 0.25) is 0 Å². The van der Waals surface area contributed by atoms with Crippen LogP contribution in [0.25, 0.3) is 0 Å². The average Bonchev–Trinajstić information content (AvgIpc) is 2.73. The molecule has 2 N–H and O–H groups in total. The molecule has 1 saturated carbocycles. The van der Waals surface area contributed by atoms with Gasteiger partial charge in [-0.1, -0.05) is 12.1 Å². The molecule has 0 aromatic heterocycles. The van der Waals surface area contributed by atoms with E-state index >= 15 is 0 Å². The van der Waals surface area contributed by atoms with Crippen LogP contribution in [0.5, 0.6) is 5.75 Å². The van der Waals surface area contributed by atoms with Crippen LogP contribution in [0.4, 0.5) is 0 Å². The third-order valence-electron chi connectivity index (χ3n) is 6.01. The average molecular weight is 374 g/mol. The molecule has 0 radical (unpaired) electrons. The molecule has 6 nitrogen and oxygen atoms in total. The van der Waals surface area contributed by atoms with Crippen molar-refractivity contribution in [2.75, 3.05) is 26.2 Å². The molecule has 0 amide bonds. The van der Waals surface area contributed by atoms with Gasteiger partial charge in [-0.2, -0.15) is 15.8 Å². The van der Waals surface area contributed by atoms with Crippen molar-refractivity contribution < 1.29 is 9.64 Å². The van der Waals surface area contributed by atoms with Gasteiger partial charge in [-0.15, -0.1) is 0 Å². The largest absolute Gasteiger partial charge is 0.494 e. The maximum Gasteiger partial charge on any atom is 0.189 e. The van der Waals surface area contributed by atoms with E-state index in [0.717, 1.165) is 36.5 Å². The molecule has 1 heterocycles. The number of hydrogen-bond acceptors (Lipinski definition) is 5. The highest BCUT2D eigenvalue weighted by molar-refractivity contribution is 6.00. The molecule has 3 rings (SSSR count). The van der Waals surface area contributed by atoms with Crippen LogP contribution in [-0.2, 0) is 0 Å². The molecule has 1 aliphatic heterocycles.